The van der Waals surface area contributed by atoms with Crippen molar-refractivity contribution < 1.29 is 17.9 Å². The molecule has 0 aliphatic carbocycles. The second kappa shape index (κ2) is 7.69. The van der Waals surface area contributed by atoms with Crippen molar-refractivity contribution in [2.75, 3.05) is 13.2 Å². The van der Waals surface area contributed by atoms with Crippen LogP contribution in [0.15, 0.2) is 18.2 Å². The summed E-state index contributed by atoms with van der Waals surface area (Å²) in [5.74, 6) is 0.544. The lowest BCUT2D eigenvalue weighted by molar-refractivity contribution is -0.139. The highest BCUT2D eigenvalue weighted by Gasteiger charge is 2.34. The Balaban J connectivity index is 2.86. The summed E-state index contributed by atoms with van der Waals surface area (Å²) in [6.45, 7) is 9.37. The van der Waals surface area contributed by atoms with E-state index in [0.717, 1.165) is 6.54 Å². The first-order valence-corrected chi connectivity index (χ1v) is 7.23. The molecule has 1 aromatic carbocycles. The van der Waals surface area contributed by atoms with Gasteiger partial charge in [0.05, 0.1) is 12.2 Å². The summed E-state index contributed by atoms with van der Waals surface area (Å²) in [5, 5.41) is 3.14. The molecule has 0 unspecified atom stereocenters. The quantitative estimate of drug-likeness (QED) is 0.801. The Morgan fingerprint density at radius 1 is 1.10 bits per heavy atom. The van der Waals surface area contributed by atoms with E-state index >= 15 is 0 Å². The zero-order valence-electron chi connectivity index (χ0n) is 13.1. The fourth-order valence-electron chi connectivity index (χ4n) is 1.80. The minimum absolute atomic E-state index is 0.0937. The van der Waals surface area contributed by atoms with Gasteiger partial charge in [-0.25, -0.2) is 0 Å². The van der Waals surface area contributed by atoms with Crippen molar-refractivity contribution in [2.24, 2.45) is 11.8 Å². The maximum atomic E-state index is 13.1. The minimum Gasteiger partial charge on any atom is -0.493 e. The second-order valence-electron chi connectivity index (χ2n) is 6.06. The van der Waals surface area contributed by atoms with Crippen LogP contribution < -0.4 is 10.1 Å². The Bertz CT molecular complexity index is 442. The zero-order chi connectivity index (χ0) is 16.0. The molecule has 0 atom stereocenters. The summed E-state index contributed by atoms with van der Waals surface area (Å²) in [7, 11) is 0. The lowest BCUT2D eigenvalue weighted by atomic mass is 10.1. The van der Waals surface area contributed by atoms with Gasteiger partial charge in [-0.05, 0) is 36.1 Å². The number of nitrogens with one attached hydrogen (secondary N) is 1. The first-order valence-electron chi connectivity index (χ1n) is 7.23. The Hall–Kier alpha value is -1.23. The molecule has 0 aromatic heterocycles. The topological polar surface area (TPSA) is 21.3 Å². The summed E-state index contributed by atoms with van der Waals surface area (Å²) in [4.78, 5) is 0. The van der Waals surface area contributed by atoms with E-state index in [1.807, 2.05) is 13.8 Å². The van der Waals surface area contributed by atoms with E-state index in [4.69, 9.17) is 4.74 Å². The van der Waals surface area contributed by atoms with Gasteiger partial charge in [0.25, 0.3) is 0 Å². The molecule has 0 saturated carbocycles. The molecule has 1 rings (SSSR count). The molecule has 0 saturated heterocycles. The molecule has 1 aromatic rings. The predicted octanol–water partition coefficient (Wildman–Crippen LogP) is 4.49. The SMILES string of the molecule is CC(C)CNCc1ccc(OCC(C)C)c(C(F)(F)F)c1. The van der Waals surface area contributed by atoms with E-state index in [2.05, 4.69) is 19.2 Å². The van der Waals surface area contributed by atoms with Crippen LogP contribution in [0.3, 0.4) is 0 Å². The maximum Gasteiger partial charge on any atom is 0.419 e. The zero-order valence-corrected chi connectivity index (χ0v) is 13.1. The Labute approximate surface area is 124 Å². The number of benzene rings is 1. The van der Waals surface area contributed by atoms with Crippen LogP contribution in [0.1, 0.15) is 38.8 Å². The summed E-state index contributed by atoms with van der Waals surface area (Å²) >= 11 is 0. The average Bonchev–Trinajstić information content (AvgIpc) is 2.35. The van der Waals surface area contributed by atoms with Gasteiger partial charge in [-0.3, -0.25) is 0 Å². The van der Waals surface area contributed by atoms with Gasteiger partial charge in [-0.15, -0.1) is 0 Å². The van der Waals surface area contributed by atoms with Crippen molar-refractivity contribution >= 4 is 0 Å². The highest BCUT2D eigenvalue weighted by Crippen LogP contribution is 2.37. The van der Waals surface area contributed by atoms with Gasteiger partial charge in [0.15, 0.2) is 0 Å². The van der Waals surface area contributed by atoms with Crippen LogP contribution >= 0.6 is 0 Å². The highest BCUT2D eigenvalue weighted by molar-refractivity contribution is 5.39. The number of hydrogen-bond donors (Lipinski definition) is 1. The fraction of sp³-hybridized carbons (Fsp3) is 0.625. The van der Waals surface area contributed by atoms with E-state index in [1.165, 1.54) is 12.1 Å². The van der Waals surface area contributed by atoms with Crippen LogP contribution in [0.2, 0.25) is 0 Å². The minimum atomic E-state index is -4.40. The molecule has 120 valence electrons. The van der Waals surface area contributed by atoms with Crippen LogP contribution in [-0.2, 0) is 12.7 Å². The molecule has 0 heterocycles. The van der Waals surface area contributed by atoms with Crippen LogP contribution in [0, 0.1) is 11.8 Å². The lowest BCUT2D eigenvalue weighted by Gasteiger charge is -2.17. The molecule has 2 nitrogen and oxygen atoms in total. The molecule has 0 radical (unpaired) electrons. The summed E-state index contributed by atoms with van der Waals surface area (Å²) in [6.07, 6.45) is -4.40. The van der Waals surface area contributed by atoms with Gasteiger partial charge in [0, 0.05) is 6.54 Å². The van der Waals surface area contributed by atoms with Gasteiger partial charge in [-0.1, -0.05) is 33.8 Å². The van der Waals surface area contributed by atoms with Gasteiger partial charge < -0.3 is 10.1 Å². The van der Waals surface area contributed by atoms with E-state index < -0.39 is 11.7 Å². The number of hydrogen-bond acceptors (Lipinski definition) is 2. The number of rotatable bonds is 7. The average molecular weight is 303 g/mol. The maximum absolute atomic E-state index is 13.1. The van der Waals surface area contributed by atoms with Gasteiger partial charge in [0.2, 0.25) is 0 Å². The molecule has 0 amide bonds. The standard InChI is InChI=1S/C16H24F3NO/c1-11(2)8-20-9-13-5-6-15(21-10-12(3)4)14(7-13)16(17,18)19/h5-7,11-12,20H,8-10H2,1-4H3. The largest absolute Gasteiger partial charge is 0.493 e. The molecule has 0 aliphatic heterocycles. The van der Waals surface area contributed by atoms with E-state index in [-0.39, 0.29) is 18.3 Å². The van der Waals surface area contributed by atoms with Crippen LogP contribution in [0.25, 0.3) is 0 Å². The summed E-state index contributed by atoms with van der Waals surface area (Å²) in [5.41, 5.74) is -0.0909. The molecular weight excluding hydrogens is 279 g/mol. The summed E-state index contributed by atoms with van der Waals surface area (Å²) in [6, 6.07) is 4.26. The Morgan fingerprint density at radius 3 is 2.29 bits per heavy atom. The van der Waals surface area contributed by atoms with Crippen LogP contribution in [0.4, 0.5) is 13.2 Å². The lowest BCUT2D eigenvalue weighted by Crippen LogP contribution is -2.19. The third kappa shape index (κ3) is 6.38. The molecule has 5 heteroatoms. The van der Waals surface area contributed by atoms with Gasteiger partial charge >= 0.3 is 6.18 Å². The van der Waals surface area contributed by atoms with Crippen molar-refractivity contribution in [1.29, 1.82) is 0 Å². The monoisotopic (exact) mass is 303 g/mol. The third-order valence-corrected chi connectivity index (χ3v) is 2.80. The van der Waals surface area contributed by atoms with Crippen molar-refractivity contribution in [3.63, 3.8) is 0 Å². The number of ether oxygens (including phenoxy) is 1. The fourth-order valence-corrected chi connectivity index (χ4v) is 1.80. The van der Waals surface area contributed by atoms with Crippen molar-refractivity contribution in [1.82, 2.24) is 5.32 Å². The highest BCUT2D eigenvalue weighted by atomic mass is 19.4. The van der Waals surface area contributed by atoms with Crippen LogP contribution in [-0.4, -0.2) is 13.2 Å². The van der Waals surface area contributed by atoms with Crippen molar-refractivity contribution in [3.05, 3.63) is 29.3 Å². The van der Waals surface area contributed by atoms with E-state index in [1.54, 1.807) is 6.07 Å². The smallest absolute Gasteiger partial charge is 0.419 e. The Morgan fingerprint density at radius 2 is 1.76 bits per heavy atom. The molecule has 0 bridgehead atoms. The van der Waals surface area contributed by atoms with E-state index in [9.17, 15) is 13.2 Å². The second-order valence-corrected chi connectivity index (χ2v) is 6.06. The van der Waals surface area contributed by atoms with Gasteiger partial charge in [0.1, 0.15) is 5.75 Å². The molecule has 21 heavy (non-hydrogen) atoms. The predicted molar refractivity (Wildman–Crippen MR) is 78.3 cm³/mol. The molecule has 0 aliphatic rings. The first kappa shape index (κ1) is 17.8. The first-order chi connectivity index (χ1) is 9.70. The van der Waals surface area contributed by atoms with E-state index in [0.29, 0.717) is 18.0 Å². The molecule has 1 N–H and O–H groups in total. The normalized spacial score (nSPS) is 12.2. The molecule has 0 spiro atoms. The molecular formula is C16H24F3NO. The molecule has 0 fully saturated rings. The number of halogens is 3. The third-order valence-electron chi connectivity index (χ3n) is 2.80. The number of alkyl halides is 3. The summed E-state index contributed by atoms with van der Waals surface area (Å²) < 4.78 is 44.6. The van der Waals surface area contributed by atoms with Gasteiger partial charge in [-0.2, -0.15) is 13.2 Å². The van der Waals surface area contributed by atoms with Crippen molar-refractivity contribution in [3.8, 4) is 5.75 Å². The van der Waals surface area contributed by atoms with Crippen LogP contribution in [0.5, 0.6) is 5.75 Å². The van der Waals surface area contributed by atoms with Crippen molar-refractivity contribution in [2.45, 2.75) is 40.4 Å². The Kier molecular flexibility index (Phi) is 6.52.